The van der Waals surface area contributed by atoms with Gasteiger partial charge in [-0.3, -0.25) is 4.79 Å². The zero-order valence-electron chi connectivity index (χ0n) is 13.3. The van der Waals surface area contributed by atoms with Crippen LogP contribution in [0.3, 0.4) is 0 Å². The Labute approximate surface area is 143 Å². The van der Waals surface area contributed by atoms with Crippen molar-refractivity contribution in [3.8, 4) is 0 Å². The third-order valence-corrected chi connectivity index (χ3v) is 4.63. The summed E-state index contributed by atoms with van der Waals surface area (Å²) in [6, 6.07) is 5.23. The van der Waals surface area contributed by atoms with Crippen molar-refractivity contribution in [1.82, 2.24) is 14.9 Å². The number of ether oxygens (including phenoxy) is 1. The van der Waals surface area contributed by atoms with E-state index in [1.807, 2.05) is 4.90 Å². The first kappa shape index (κ1) is 16.4. The highest BCUT2D eigenvalue weighted by Crippen LogP contribution is 2.14. The highest BCUT2D eigenvalue weighted by molar-refractivity contribution is 7.11. The van der Waals surface area contributed by atoms with Crippen LogP contribution >= 0.6 is 11.3 Å². The predicted octanol–water partition coefficient (Wildman–Crippen LogP) is 1.43. The first-order chi connectivity index (χ1) is 11.6. The Morgan fingerprint density at radius 1 is 1.17 bits per heavy atom. The number of carbonyl (C=O) groups excluding carboxylic acids is 2. The molecule has 8 heteroatoms. The van der Waals surface area contributed by atoms with Crippen LogP contribution in [0.4, 0.5) is 5.95 Å². The number of aromatic nitrogens is 2. The highest BCUT2D eigenvalue weighted by atomic mass is 32.1. The normalized spacial score (nSPS) is 15.9. The van der Waals surface area contributed by atoms with E-state index in [2.05, 4.69) is 9.97 Å². The number of hydrogen-bond donors (Lipinski definition) is 0. The van der Waals surface area contributed by atoms with E-state index >= 15 is 0 Å². The number of anilines is 1. The molecule has 0 saturated carbocycles. The molecule has 3 heterocycles. The van der Waals surface area contributed by atoms with Crippen molar-refractivity contribution in [3.05, 3.63) is 40.8 Å². The number of thiophene rings is 1. The van der Waals surface area contributed by atoms with Gasteiger partial charge in [0.05, 0.1) is 0 Å². The van der Waals surface area contributed by atoms with Crippen molar-refractivity contribution in [3.63, 3.8) is 0 Å². The summed E-state index contributed by atoms with van der Waals surface area (Å²) in [4.78, 5) is 37.1. The fourth-order valence-electron chi connectivity index (χ4n) is 2.50. The molecule has 0 bridgehead atoms. The van der Waals surface area contributed by atoms with E-state index in [-0.39, 0.29) is 5.91 Å². The van der Waals surface area contributed by atoms with Gasteiger partial charge in [0, 0.05) is 38.6 Å². The van der Waals surface area contributed by atoms with Gasteiger partial charge in [-0.1, -0.05) is 6.07 Å². The molecular formula is C16H18N4O3S. The zero-order chi connectivity index (χ0) is 16.9. The van der Waals surface area contributed by atoms with Gasteiger partial charge in [0.15, 0.2) is 6.10 Å². The molecule has 24 heavy (non-hydrogen) atoms. The topological polar surface area (TPSA) is 75.6 Å². The van der Waals surface area contributed by atoms with Gasteiger partial charge < -0.3 is 14.5 Å². The highest BCUT2D eigenvalue weighted by Gasteiger charge is 2.28. The van der Waals surface area contributed by atoms with Crippen LogP contribution in [0, 0.1) is 0 Å². The van der Waals surface area contributed by atoms with Gasteiger partial charge in [-0.05, 0) is 24.4 Å². The van der Waals surface area contributed by atoms with Crippen molar-refractivity contribution >= 4 is 29.2 Å². The first-order valence-electron chi connectivity index (χ1n) is 7.70. The van der Waals surface area contributed by atoms with Crippen molar-refractivity contribution in [1.29, 1.82) is 0 Å². The van der Waals surface area contributed by atoms with Gasteiger partial charge >= 0.3 is 5.97 Å². The minimum absolute atomic E-state index is 0.173. The monoisotopic (exact) mass is 346 g/mol. The number of carbonyl (C=O) groups is 2. The van der Waals surface area contributed by atoms with Crippen molar-refractivity contribution < 1.29 is 14.3 Å². The first-order valence-corrected chi connectivity index (χ1v) is 8.58. The summed E-state index contributed by atoms with van der Waals surface area (Å²) in [5, 5.41) is 1.80. The third kappa shape index (κ3) is 3.70. The van der Waals surface area contributed by atoms with Crippen LogP contribution in [0.25, 0.3) is 0 Å². The van der Waals surface area contributed by atoms with E-state index in [4.69, 9.17) is 4.74 Å². The molecule has 0 aromatic carbocycles. The van der Waals surface area contributed by atoms with Crippen LogP contribution in [0.15, 0.2) is 36.0 Å². The second-order valence-corrected chi connectivity index (χ2v) is 6.33. The van der Waals surface area contributed by atoms with Crippen molar-refractivity contribution in [2.24, 2.45) is 0 Å². The minimum atomic E-state index is -0.792. The summed E-state index contributed by atoms with van der Waals surface area (Å²) < 4.78 is 5.26. The molecule has 0 radical (unpaired) electrons. The Balaban J connectivity index is 1.52. The Hall–Kier alpha value is -2.48. The maximum absolute atomic E-state index is 12.4. The van der Waals surface area contributed by atoms with Crippen LogP contribution in [-0.2, 0) is 9.53 Å². The summed E-state index contributed by atoms with van der Waals surface area (Å²) in [5.41, 5.74) is 0. The van der Waals surface area contributed by atoms with E-state index in [1.165, 1.54) is 11.3 Å². The lowest BCUT2D eigenvalue weighted by molar-refractivity contribution is -0.140. The average molecular weight is 346 g/mol. The second-order valence-electron chi connectivity index (χ2n) is 5.39. The standard InChI is InChI=1S/C16H18N4O3S/c1-12(23-15(22)13-4-2-11-24-13)14(21)19-7-9-20(10-8-19)16-17-5-3-6-18-16/h2-6,11-12H,7-10H2,1H3/t12-/m0/s1. The summed E-state index contributed by atoms with van der Waals surface area (Å²) >= 11 is 1.30. The molecule has 1 amide bonds. The summed E-state index contributed by atoms with van der Waals surface area (Å²) in [6.07, 6.45) is 2.61. The minimum Gasteiger partial charge on any atom is -0.448 e. The fourth-order valence-corrected chi connectivity index (χ4v) is 3.11. The molecule has 7 nitrogen and oxygen atoms in total. The SMILES string of the molecule is C[C@H](OC(=O)c1cccs1)C(=O)N1CCN(c2ncccn2)CC1. The van der Waals surface area contributed by atoms with Gasteiger partial charge in [0.1, 0.15) is 4.88 Å². The van der Waals surface area contributed by atoms with E-state index in [9.17, 15) is 9.59 Å². The smallest absolute Gasteiger partial charge is 0.349 e. The summed E-state index contributed by atoms with van der Waals surface area (Å²) in [7, 11) is 0. The van der Waals surface area contributed by atoms with Gasteiger partial charge in [-0.15, -0.1) is 11.3 Å². The summed E-state index contributed by atoms with van der Waals surface area (Å²) in [6.45, 7) is 4.03. The molecule has 2 aromatic rings. The van der Waals surface area contributed by atoms with E-state index < -0.39 is 12.1 Å². The molecule has 0 N–H and O–H groups in total. The molecule has 0 unspecified atom stereocenters. The van der Waals surface area contributed by atoms with E-state index in [1.54, 1.807) is 47.8 Å². The quantitative estimate of drug-likeness (QED) is 0.780. The molecule has 0 spiro atoms. The molecular weight excluding hydrogens is 328 g/mol. The molecule has 126 valence electrons. The van der Waals surface area contributed by atoms with E-state index in [0.29, 0.717) is 37.0 Å². The average Bonchev–Trinajstić information content (AvgIpc) is 3.17. The number of hydrogen-bond acceptors (Lipinski definition) is 7. The van der Waals surface area contributed by atoms with Crippen molar-refractivity contribution in [2.75, 3.05) is 31.1 Å². The lowest BCUT2D eigenvalue weighted by Gasteiger charge is -2.35. The molecule has 1 saturated heterocycles. The van der Waals surface area contributed by atoms with Crippen LogP contribution < -0.4 is 4.90 Å². The number of piperazine rings is 1. The number of nitrogens with zero attached hydrogens (tertiary/aromatic N) is 4. The lowest BCUT2D eigenvalue weighted by Crippen LogP contribution is -2.52. The Bertz CT molecular complexity index is 685. The molecule has 1 aliphatic heterocycles. The van der Waals surface area contributed by atoms with Gasteiger partial charge in [0.25, 0.3) is 5.91 Å². The van der Waals surface area contributed by atoms with Gasteiger partial charge in [0.2, 0.25) is 5.95 Å². The Kier molecular flexibility index (Phi) is 5.05. The largest absolute Gasteiger partial charge is 0.448 e. The zero-order valence-corrected chi connectivity index (χ0v) is 14.1. The van der Waals surface area contributed by atoms with E-state index in [0.717, 1.165) is 0 Å². The fraction of sp³-hybridized carbons (Fsp3) is 0.375. The summed E-state index contributed by atoms with van der Waals surface area (Å²) in [5.74, 6) is 0.0393. The number of esters is 1. The molecule has 1 atom stereocenters. The van der Waals surface area contributed by atoms with Gasteiger partial charge in [-0.25, -0.2) is 14.8 Å². The maximum Gasteiger partial charge on any atom is 0.349 e. The van der Waals surface area contributed by atoms with Gasteiger partial charge in [-0.2, -0.15) is 0 Å². The third-order valence-electron chi connectivity index (χ3n) is 3.78. The second kappa shape index (κ2) is 7.39. The van der Waals surface area contributed by atoms with Crippen LogP contribution in [0.5, 0.6) is 0 Å². The lowest BCUT2D eigenvalue weighted by atomic mass is 10.2. The molecule has 1 fully saturated rings. The van der Waals surface area contributed by atoms with Crippen LogP contribution in [-0.4, -0.2) is 59.0 Å². The van der Waals surface area contributed by atoms with Crippen LogP contribution in [0.1, 0.15) is 16.6 Å². The maximum atomic E-state index is 12.4. The molecule has 0 aliphatic carbocycles. The van der Waals surface area contributed by atoms with Crippen molar-refractivity contribution in [2.45, 2.75) is 13.0 Å². The number of rotatable bonds is 4. The van der Waals surface area contributed by atoms with Crippen LogP contribution in [0.2, 0.25) is 0 Å². The Morgan fingerprint density at radius 3 is 2.50 bits per heavy atom. The molecule has 1 aliphatic rings. The predicted molar refractivity (Wildman–Crippen MR) is 90.0 cm³/mol. The number of amides is 1. The molecule has 3 rings (SSSR count). The molecule has 2 aromatic heterocycles. The Morgan fingerprint density at radius 2 is 1.88 bits per heavy atom.